The largest absolute Gasteiger partial charge is 0.493 e. The van der Waals surface area contributed by atoms with Crippen LogP contribution in [0.2, 0.25) is 0 Å². The van der Waals surface area contributed by atoms with Gasteiger partial charge in [0.2, 0.25) is 5.88 Å². The van der Waals surface area contributed by atoms with Crippen molar-refractivity contribution < 1.29 is 18.3 Å². The van der Waals surface area contributed by atoms with Gasteiger partial charge in [0, 0.05) is 0 Å². The Morgan fingerprint density at radius 2 is 1.73 bits per heavy atom. The molecule has 0 amide bonds. The molecule has 4 rings (SSSR count). The van der Waals surface area contributed by atoms with Gasteiger partial charge in [-0.05, 0) is 31.2 Å². The Kier molecular flexibility index (Phi) is 4.61. The summed E-state index contributed by atoms with van der Waals surface area (Å²) in [5, 5.41) is 18.1. The van der Waals surface area contributed by atoms with Crippen LogP contribution in [0.1, 0.15) is 17.1 Å². The molecule has 0 spiro atoms. The molecule has 0 atom stereocenters. The summed E-state index contributed by atoms with van der Waals surface area (Å²) in [6, 6.07) is 14.4. The van der Waals surface area contributed by atoms with Crippen LogP contribution in [-0.2, 0) is 6.18 Å². The maximum Gasteiger partial charge on any atom is 0.435 e. The Morgan fingerprint density at radius 3 is 2.43 bits per heavy atom. The summed E-state index contributed by atoms with van der Waals surface area (Å²) < 4.78 is 42.2. The molecule has 4 aromatic rings. The number of nitrogens with zero attached hydrogens (tertiary/aromatic N) is 5. The van der Waals surface area contributed by atoms with Gasteiger partial charge in [-0.15, -0.1) is 0 Å². The fraction of sp³-hybridized carbons (Fsp3) is 0.100. The number of aromatic nitrogens is 4. The van der Waals surface area contributed by atoms with Crippen LogP contribution in [0, 0.1) is 6.92 Å². The average Bonchev–Trinajstić information content (AvgIpc) is 3.05. The van der Waals surface area contributed by atoms with Crippen LogP contribution in [-0.4, -0.2) is 30.8 Å². The van der Waals surface area contributed by atoms with Crippen molar-refractivity contribution in [2.24, 2.45) is 5.10 Å². The average molecular weight is 413 g/mol. The SMILES string of the molecule is Cc1nc2ccccc2c(=O)n1N=Cc1c(C(F)(F)F)nn(-c2ccccc2)c1O. The van der Waals surface area contributed by atoms with Crippen LogP contribution in [0.3, 0.4) is 0 Å². The molecule has 0 unspecified atom stereocenters. The van der Waals surface area contributed by atoms with E-state index in [9.17, 15) is 23.1 Å². The molecule has 2 heterocycles. The van der Waals surface area contributed by atoms with Crippen LogP contribution >= 0.6 is 0 Å². The summed E-state index contributed by atoms with van der Waals surface area (Å²) in [5.41, 5.74) is -1.85. The van der Waals surface area contributed by atoms with Gasteiger partial charge < -0.3 is 5.11 Å². The number of aromatic hydroxyl groups is 1. The molecular formula is C20H14F3N5O2. The van der Waals surface area contributed by atoms with E-state index in [4.69, 9.17) is 0 Å². The van der Waals surface area contributed by atoms with Crippen molar-refractivity contribution in [3.63, 3.8) is 0 Å². The molecule has 0 aliphatic heterocycles. The van der Waals surface area contributed by atoms with Gasteiger partial charge in [0.15, 0.2) is 5.69 Å². The lowest BCUT2D eigenvalue weighted by atomic mass is 10.2. The second-order valence-electron chi connectivity index (χ2n) is 6.37. The number of para-hydroxylation sites is 2. The van der Waals surface area contributed by atoms with E-state index < -0.39 is 28.9 Å². The first-order valence-electron chi connectivity index (χ1n) is 8.74. The molecule has 152 valence electrons. The highest BCUT2D eigenvalue weighted by molar-refractivity contribution is 5.85. The molecule has 10 heteroatoms. The molecule has 0 bridgehead atoms. The molecule has 1 N–H and O–H groups in total. The second kappa shape index (κ2) is 7.14. The highest BCUT2D eigenvalue weighted by atomic mass is 19.4. The van der Waals surface area contributed by atoms with E-state index in [1.807, 2.05) is 0 Å². The zero-order chi connectivity index (χ0) is 21.5. The molecule has 7 nitrogen and oxygen atoms in total. The monoisotopic (exact) mass is 413 g/mol. The Bertz CT molecular complexity index is 1320. The normalized spacial score (nSPS) is 12.1. The highest BCUT2D eigenvalue weighted by Gasteiger charge is 2.39. The summed E-state index contributed by atoms with van der Waals surface area (Å²) in [7, 11) is 0. The molecule has 0 saturated carbocycles. The molecule has 0 aliphatic carbocycles. The number of hydrogen-bond acceptors (Lipinski definition) is 5. The minimum absolute atomic E-state index is 0.179. The van der Waals surface area contributed by atoms with Crippen molar-refractivity contribution in [1.29, 1.82) is 0 Å². The van der Waals surface area contributed by atoms with Crippen molar-refractivity contribution in [2.45, 2.75) is 13.1 Å². The third-order valence-electron chi connectivity index (χ3n) is 4.38. The lowest BCUT2D eigenvalue weighted by molar-refractivity contribution is -0.141. The predicted octanol–water partition coefficient (Wildman–Crippen LogP) is 3.50. The molecule has 30 heavy (non-hydrogen) atoms. The molecule has 0 fully saturated rings. The maximum atomic E-state index is 13.5. The lowest BCUT2D eigenvalue weighted by Gasteiger charge is -2.06. The quantitative estimate of drug-likeness (QED) is 0.521. The third-order valence-corrected chi connectivity index (χ3v) is 4.38. The van der Waals surface area contributed by atoms with Crippen molar-refractivity contribution in [1.82, 2.24) is 19.4 Å². The van der Waals surface area contributed by atoms with E-state index in [1.54, 1.807) is 42.5 Å². The minimum Gasteiger partial charge on any atom is -0.493 e. The Balaban J connectivity index is 1.88. The third kappa shape index (κ3) is 3.32. The van der Waals surface area contributed by atoms with E-state index in [0.717, 1.165) is 15.6 Å². The van der Waals surface area contributed by atoms with E-state index in [2.05, 4.69) is 15.2 Å². The fourth-order valence-corrected chi connectivity index (χ4v) is 2.98. The van der Waals surface area contributed by atoms with Crippen molar-refractivity contribution in [3.05, 3.63) is 82.0 Å². The number of benzene rings is 2. The van der Waals surface area contributed by atoms with Gasteiger partial charge in [-0.3, -0.25) is 4.79 Å². The Morgan fingerprint density at radius 1 is 1.07 bits per heavy atom. The van der Waals surface area contributed by atoms with Gasteiger partial charge in [-0.1, -0.05) is 30.3 Å². The Labute approximate surface area is 167 Å². The van der Waals surface area contributed by atoms with Crippen LogP contribution in [0.15, 0.2) is 64.5 Å². The fourth-order valence-electron chi connectivity index (χ4n) is 2.98. The van der Waals surface area contributed by atoms with Crippen molar-refractivity contribution in [2.75, 3.05) is 0 Å². The van der Waals surface area contributed by atoms with Gasteiger partial charge in [0.05, 0.1) is 28.4 Å². The van der Waals surface area contributed by atoms with Crippen LogP contribution in [0.5, 0.6) is 5.88 Å². The zero-order valence-corrected chi connectivity index (χ0v) is 15.5. The van der Waals surface area contributed by atoms with E-state index in [1.165, 1.54) is 19.1 Å². The molecule has 0 saturated heterocycles. The standard InChI is InChI=1S/C20H14F3N5O2/c1-12-25-16-10-6-5-9-14(16)18(29)27(12)24-11-15-17(20(21,22)23)26-28(19(15)30)13-7-3-2-4-8-13/h2-11,30H,1H3. The molecular weight excluding hydrogens is 399 g/mol. The first-order chi connectivity index (χ1) is 14.3. The molecule has 0 radical (unpaired) electrons. The van der Waals surface area contributed by atoms with E-state index in [0.29, 0.717) is 5.52 Å². The summed E-state index contributed by atoms with van der Waals surface area (Å²) in [4.78, 5) is 16.9. The minimum atomic E-state index is -4.85. The summed E-state index contributed by atoms with van der Waals surface area (Å²) in [5.74, 6) is -0.574. The van der Waals surface area contributed by atoms with E-state index >= 15 is 0 Å². The number of hydrogen-bond donors (Lipinski definition) is 1. The molecule has 0 aliphatic rings. The highest BCUT2D eigenvalue weighted by Crippen LogP contribution is 2.35. The first-order valence-corrected chi connectivity index (χ1v) is 8.74. The maximum absolute atomic E-state index is 13.5. The Hall–Kier alpha value is -3.95. The number of alkyl halides is 3. The van der Waals surface area contributed by atoms with Crippen molar-refractivity contribution >= 4 is 17.1 Å². The number of rotatable bonds is 3. The summed E-state index contributed by atoms with van der Waals surface area (Å²) >= 11 is 0. The molecule has 2 aromatic heterocycles. The van der Waals surface area contributed by atoms with Gasteiger partial charge in [0.1, 0.15) is 5.82 Å². The topological polar surface area (TPSA) is 85.3 Å². The van der Waals surface area contributed by atoms with Crippen LogP contribution in [0.25, 0.3) is 16.6 Å². The van der Waals surface area contributed by atoms with Gasteiger partial charge >= 0.3 is 6.18 Å². The zero-order valence-electron chi connectivity index (χ0n) is 15.5. The summed E-state index contributed by atoms with van der Waals surface area (Å²) in [6.07, 6.45) is -4.09. The molecule has 2 aromatic carbocycles. The van der Waals surface area contributed by atoms with Gasteiger partial charge in [0.25, 0.3) is 5.56 Å². The van der Waals surface area contributed by atoms with Gasteiger partial charge in [-0.25, -0.2) is 9.67 Å². The van der Waals surface area contributed by atoms with Gasteiger partial charge in [-0.2, -0.15) is 28.0 Å². The van der Waals surface area contributed by atoms with Crippen LogP contribution in [0.4, 0.5) is 13.2 Å². The van der Waals surface area contributed by atoms with E-state index in [-0.39, 0.29) is 16.9 Å². The van der Waals surface area contributed by atoms with Crippen LogP contribution < -0.4 is 5.56 Å². The number of halogens is 3. The number of fused-ring (bicyclic) bond motifs is 1. The first kappa shape index (κ1) is 19.4. The predicted molar refractivity (Wildman–Crippen MR) is 104 cm³/mol. The second-order valence-corrected chi connectivity index (χ2v) is 6.37. The number of aryl methyl sites for hydroxylation is 1. The summed E-state index contributed by atoms with van der Waals surface area (Å²) in [6.45, 7) is 1.50. The lowest BCUT2D eigenvalue weighted by Crippen LogP contribution is -2.20. The van der Waals surface area contributed by atoms with Crippen molar-refractivity contribution in [3.8, 4) is 11.6 Å². The smallest absolute Gasteiger partial charge is 0.435 e.